The Morgan fingerprint density at radius 3 is 2.48 bits per heavy atom. The van der Waals surface area contributed by atoms with Crippen LogP contribution < -0.4 is 5.32 Å². The topological polar surface area (TPSA) is 66.5 Å². The van der Waals surface area contributed by atoms with Crippen LogP contribution in [-0.2, 0) is 14.8 Å². The van der Waals surface area contributed by atoms with E-state index < -0.39 is 10.0 Å². The van der Waals surface area contributed by atoms with Crippen LogP contribution in [0.5, 0.6) is 0 Å². The molecule has 1 amide bonds. The number of fused-ring (bicyclic) bond motifs is 1. The van der Waals surface area contributed by atoms with Gasteiger partial charge in [0, 0.05) is 19.1 Å². The van der Waals surface area contributed by atoms with Crippen molar-refractivity contribution in [1.82, 2.24) is 9.62 Å². The summed E-state index contributed by atoms with van der Waals surface area (Å²) in [5.74, 6) is -0.241. The third kappa shape index (κ3) is 3.87. The molecule has 0 spiro atoms. The number of carbonyl (C=O) groups excluding carboxylic acids is 1. The molecule has 1 saturated heterocycles. The smallest absolute Gasteiger partial charge is 0.243 e. The van der Waals surface area contributed by atoms with Crippen LogP contribution in [0.4, 0.5) is 0 Å². The molecule has 6 heteroatoms. The van der Waals surface area contributed by atoms with Gasteiger partial charge in [0.25, 0.3) is 0 Å². The SMILES string of the molecule is O=C(NC1CCCC1)C1CCCN(S(=O)(=O)c2ccc3ccccc3c2)C1. The van der Waals surface area contributed by atoms with Crippen molar-refractivity contribution in [2.24, 2.45) is 5.92 Å². The highest BCUT2D eigenvalue weighted by Gasteiger charge is 2.34. The Morgan fingerprint density at radius 2 is 1.70 bits per heavy atom. The van der Waals surface area contributed by atoms with E-state index in [1.54, 1.807) is 12.1 Å². The molecule has 2 aliphatic rings. The standard InChI is InChI=1S/C21H26N2O3S/c24-21(22-19-9-3-4-10-19)18-8-5-13-23(15-18)27(25,26)20-12-11-16-6-1-2-7-17(16)14-20/h1-2,6-7,11-12,14,18-19H,3-5,8-10,13,15H2,(H,22,24). The molecule has 0 radical (unpaired) electrons. The number of hydrogen-bond acceptors (Lipinski definition) is 3. The molecule has 0 bridgehead atoms. The minimum absolute atomic E-state index is 0.0142. The Hall–Kier alpha value is -1.92. The molecule has 1 unspecified atom stereocenters. The van der Waals surface area contributed by atoms with E-state index in [1.807, 2.05) is 30.3 Å². The van der Waals surface area contributed by atoms with Gasteiger partial charge in [-0.05, 0) is 48.6 Å². The Labute approximate surface area is 160 Å². The van der Waals surface area contributed by atoms with Crippen molar-refractivity contribution in [3.63, 3.8) is 0 Å². The maximum absolute atomic E-state index is 13.1. The van der Waals surface area contributed by atoms with E-state index in [9.17, 15) is 13.2 Å². The molecule has 1 aliphatic carbocycles. The maximum atomic E-state index is 13.1. The van der Waals surface area contributed by atoms with Crippen molar-refractivity contribution in [1.29, 1.82) is 0 Å². The Balaban J connectivity index is 1.51. The first kappa shape index (κ1) is 18.4. The van der Waals surface area contributed by atoms with Gasteiger partial charge in [0.2, 0.25) is 15.9 Å². The number of nitrogens with zero attached hydrogens (tertiary/aromatic N) is 1. The highest BCUT2D eigenvalue weighted by molar-refractivity contribution is 7.89. The van der Waals surface area contributed by atoms with Gasteiger partial charge >= 0.3 is 0 Å². The molecule has 1 heterocycles. The summed E-state index contributed by atoms with van der Waals surface area (Å²) < 4.78 is 27.8. The summed E-state index contributed by atoms with van der Waals surface area (Å²) in [6.07, 6.45) is 5.88. The predicted molar refractivity (Wildman–Crippen MR) is 106 cm³/mol. The lowest BCUT2D eigenvalue weighted by Crippen LogP contribution is -2.47. The Kier molecular flexibility index (Phi) is 5.19. The highest BCUT2D eigenvalue weighted by atomic mass is 32.2. The van der Waals surface area contributed by atoms with Crippen molar-refractivity contribution in [2.45, 2.75) is 49.5 Å². The van der Waals surface area contributed by atoms with E-state index in [2.05, 4.69) is 5.32 Å². The molecule has 1 saturated carbocycles. The molecule has 2 fully saturated rings. The third-order valence-electron chi connectivity index (χ3n) is 5.82. The molecule has 4 rings (SSSR count). The fourth-order valence-corrected chi connectivity index (χ4v) is 5.80. The van der Waals surface area contributed by atoms with Crippen LogP contribution in [0, 0.1) is 5.92 Å². The summed E-state index contributed by atoms with van der Waals surface area (Å²) in [5.41, 5.74) is 0. The summed E-state index contributed by atoms with van der Waals surface area (Å²) in [6, 6.07) is 13.2. The second-order valence-corrected chi connectivity index (χ2v) is 9.64. The zero-order chi connectivity index (χ0) is 18.9. The second-order valence-electron chi connectivity index (χ2n) is 7.70. The Morgan fingerprint density at radius 1 is 0.963 bits per heavy atom. The summed E-state index contributed by atoms with van der Waals surface area (Å²) >= 11 is 0. The molecule has 1 N–H and O–H groups in total. The van der Waals surface area contributed by atoms with Crippen LogP contribution in [0.1, 0.15) is 38.5 Å². The summed E-state index contributed by atoms with van der Waals surface area (Å²) in [4.78, 5) is 12.9. The van der Waals surface area contributed by atoms with Crippen LogP contribution in [0.2, 0.25) is 0 Å². The van der Waals surface area contributed by atoms with Crippen LogP contribution >= 0.6 is 0 Å². The second kappa shape index (κ2) is 7.60. The lowest BCUT2D eigenvalue weighted by molar-refractivity contribution is -0.126. The fraction of sp³-hybridized carbons (Fsp3) is 0.476. The van der Waals surface area contributed by atoms with Crippen molar-refractivity contribution in [3.8, 4) is 0 Å². The number of sulfonamides is 1. The molecule has 0 aromatic heterocycles. The van der Waals surface area contributed by atoms with Gasteiger partial charge < -0.3 is 5.32 Å². The van der Waals surface area contributed by atoms with Gasteiger partial charge in [0.15, 0.2) is 0 Å². The first-order valence-electron chi connectivity index (χ1n) is 9.83. The van der Waals surface area contributed by atoms with E-state index in [0.717, 1.165) is 49.3 Å². The molecule has 27 heavy (non-hydrogen) atoms. The van der Waals surface area contributed by atoms with Gasteiger partial charge in [-0.25, -0.2) is 8.42 Å². The van der Waals surface area contributed by atoms with Gasteiger partial charge in [0.1, 0.15) is 0 Å². The van der Waals surface area contributed by atoms with Gasteiger partial charge in [-0.2, -0.15) is 4.31 Å². The first-order chi connectivity index (χ1) is 13.0. The fourth-order valence-electron chi connectivity index (χ4n) is 4.24. The lowest BCUT2D eigenvalue weighted by atomic mass is 9.98. The molecule has 144 valence electrons. The largest absolute Gasteiger partial charge is 0.353 e. The molecule has 5 nitrogen and oxygen atoms in total. The van der Waals surface area contributed by atoms with Crippen molar-refractivity contribution >= 4 is 26.7 Å². The number of carbonyl (C=O) groups is 1. The van der Waals surface area contributed by atoms with Crippen molar-refractivity contribution < 1.29 is 13.2 Å². The zero-order valence-corrected chi connectivity index (χ0v) is 16.2. The van der Waals surface area contributed by atoms with E-state index in [1.165, 1.54) is 4.31 Å². The first-order valence-corrected chi connectivity index (χ1v) is 11.3. The van der Waals surface area contributed by atoms with Gasteiger partial charge in [-0.3, -0.25) is 4.79 Å². The molecule has 1 atom stereocenters. The molecule has 2 aromatic rings. The average Bonchev–Trinajstić information content (AvgIpc) is 3.20. The van der Waals surface area contributed by atoms with Crippen LogP contribution in [-0.4, -0.2) is 37.8 Å². The Bertz CT molecular complexity index is 935. The molecular weight excluding hydrogens is 360 g/mol. The predicted octanol–water partition coefficient (Wildman–Crippen LogP) is 3.30. The van der Waals surface area contributed by atoms with E-state index in [0.29, 0.717) is 11.4 Å². The van der Waals surface area contributed by atoms with E-state index in [4.69, 9.17) is 0 Å². The quantitative estimate of drug-likeness (QED) is 0.877. The number of piperidine rings is 1. The number of nitrogens with one attached hydrogen (secondary N) is 1. The normalized spacial score (nSPS) is 22.1. The summed E-state index contributed by atoms with van der Waals surface area (Å²) in [7, 11) is -3.59. The number of benzene rings is 2. The monoisotopic (exact) mass is 386 g/mol. The molecule has 1 aliphatic heterocycles. The van der Waals surface area contributed by atoms with Gasteiger partial charge in [-0.15, -0.1) is 0 Å². The zero-order valence-electron chi connectivity index (χ0n) is 15.4. The number of amides is 1. The number of rotatable bonds is 4. The van der Waals surface area contributed by atoms with Crippen molar-refractivity contribution in [3.05, 3.63) is 42.5 Å². The van der Waals surface area contributed by atoms with E-state index in [-0.39, 0.29) is 24.4 Å². The third-order valence-corrected chi connectivity index (χ3v) is 7.68. The lowest BCUT2D eigenvalue weighted by Gasteiger charge is -2.32. The average molecular weight is 387 g/mol. The number of hydrogen-bond donors (Lipinski definition) is 1. The van der Waals surface area contributed by atoms with Crippen LogP contribution in [0.15, 0.2) is 47.4 Å². The summed E-state index contributed by atoms with van der Waals surface area (Å²) in [5, 5.41) is 5.05. The summed E-state index contributed by atoms with van der Waals surface area (Å²) in [6.45, 7) is 0.746. The van der Waals surface area contributed by atoms with Gasteiger partial charge in [0.05, 0.1) is 10.8 Å². The van der Waals surface area contributed by atoms with Crippen molar-refractivity contribution in [2.75, 3.05) is 13.1 Å². The highest BCUT2D eigenvalue weighted by Crippen LogP contribution is 2.27. The van der Waals surface area contributed by atoms with Gasteiger partial charge in [-0.1, -0.05) is 43.2 Å². The van der Waals surface area contributed by atoms with Crippen LogP contribution in [0.25, 0.3) is 10.8 Å². The minimum Gasteiger partial charge on any atom is -0.353 e. The maximum Gasteiger partial charge on any atom is 0.243 e. The molecular formula is C21H26N2O3S. The molecule has 2 aromatic carbocycles. The van der Waals surface area contributed by atoms with E-state index >= 15 is 0 Å². The minimum atomic E-state index is -3.59. The van der Waals surface area contributed by atoms with Crippen LogP contribution in [0.3, 0.4) is 0 Å².